The molecule has 2 heterocycles. The Balaban J connectivity index is 1.66. The minimum Gasteiger partial charge on any atom is -0.462 e. The molecule has 0 spiro atoms. The van der Waals surface area contributed by atoms with Crippen LogP contribution < -0.4 is 21.0 Å². The standard InChI is InChI=1S/C26H29ClF3N4O8P/c1-13(2)40-23(36)14(3)33-43(38,42-17-9-8-15-6-4-5-7-16(15)10-17)39-12-26(24(29)30)20(28)19(35)22(41-26)34-11-18(27)21(31)32-25(34)37/h4-11,13-14,19-20,22,24,35H,12H2,1-3H3,(H,33,38)(H2,31,32,37)/t14-,19+,20+,22+,26+,43?/m0/s1. The molecule has 4 rings (SSSR count). The number of anilines is 1. The van der Waals surface area contributed by atoms with Crippen molar-refractivity contribution < 1.29 is 46.2 Å². The predicted molar refractivity (Wildman–Crippen MR) is 150 cm³/mol. The topological polar surface area (TPSA) is 164 Å². The third-order valence-electron chi connectivity index (χ3n) is 6.44. The molecule has 6 atom stereocenters. The summed E-state index contributed by atoms with van der Waals surface area (Å²) in [5, 5.41) is 14.0. The van der Waals surface area contributed by atoms with E-state index < -0.39 is 74.5 Å². The number of alkyl halides is 3. The molecule has 3 aromatic rings. The summed E-state index contributed by atoms with van der Waals surface area (Å²) in [5.41, 5.74) is 1.04. The molecule has 1 saturated heterocycles. The van der Waals surface area contributed by atoms with Gasteiger partial charge in [0.15, 0.2) is 18.0 Å². The van der Waals surface area contributed by atoms with Crippen LogP contribution in [0.3, 0.4) is 0 Å². The van der Waals surface area contributed by atoms with E-state index in [1.807, 2.05) is 0 Å². The normalized spacial score (nSPS) is 24.3. The van der Waals surface area contributed by atoms with Gasteiger partial charge in [-0.05, 0) is 43.7 Å². The lowest BCUT2D eigenvalue weighted by atomic mass is 9.98. The van der Waals surface area contributed by atoms with E-state index in [4.69, 9.17) is 35.9 Å². The van der Waals surface area contributed by atoms with Crippen molar-refractivity contribution in [3.05, 3.63) is 64.2 Å². The van der Waals surface area contributed by atoms with Crippen LogP contribution >= 0.6 is 19.3 Å². The number of fused-ring (bicyclic) bond motifs is 1. The number of aliphatic hydroxyl groups is 1. The number of halogens is 4. The van der Waals surface area contributed by atoms with Crippen molar-refractivity contribution in [3.8, 4) is 5.75 Å². The molecule has 1 unspecified atom stereocenters. The highest BCUT2D eigenvalue weighted by Crippen LogP contribution is 2.50. The smallest absolute Gasteiger partial charge is 0.459 e. The quantitative estimate of drug-likeness (QED) is 0.203. The van der Waals surface area contributed by atoms with Crippen LogP contribution in [-0.4, -0.2) is 63.7 Å². The highest BCUT2D eigenvalue weighted by molar-refractivity contribution is 7.52. The van der Waals surface area contributed by atoms with Crippen molar-refractivity contribution >= 4 is 41.9 Å². The van der Waals surface area contributed by atoms with E-state index in [0.717, 1.165) is 11.6 Å². The largest absolute Gasteiger partial charge is 0.462 e. The van der Waals surface area contributed by atoms with Gasteiger partial charge in [0, 0.05) is 6.20 Å². The lowest BCUT2D eigenvalue weighted by molar-refractivity contribution is -0.183. The van der Waals surface area contributed by atoms with E-state index in [9.17, 15) is 28.0 Å². The number of carbonyl (C=O) groups is 1. The SMILES string of the molecule is CC(C)OC(=O)[C@H](C)NP(=O)(OC[C@@]1(C(F)F)O[C@@H](n2cc(Cl)c(N)nc2=O)[C@H](O)[C@H]1F)Oc1ccc2ccccc2c1. The van der Waals surface area contributed by atoms with Gasteiger partial charge in [-0.1, -0.05) is 41.9 Å². The van der Waals surface area contributed by atoms with Crippen LogP contribution in [0.15, 0.2) is 53.5 Å². The number of esters is 1. The van der Waals surface area contributed by atoms with Gasteiger partial charge in [-0.3, -0.25) is 13.9 Å². The molecule has 1 aromatic heterocycles. The van der Waals surface area contributed by atoms with Crippen molar-refractivity contribution in [3.63, 3.8) is 0 Å². The van der Waals surface area contributed by atoms with Crippen LogP contribution in [0, 0.1) is 0 Å². The highest BCUT2D eigenvalue weighted by Gasteiger charge is 2.63. The van der Waals surface area contributed by atoms with Gasteiger partial charge in [0.25, 0.3) is 6.43 Å². The number of nitrogen functional groups attached to an aromatic ring is 1. The second kappa shape index (κ2) is 12.8. The maximum absolute atomic E-state index is 15.5. The van der Waals surface area contributed by atoms with E-state index in [2.05, 4.69) is 10.1 Å². The first-order valence-electron chi connectivity index (χ1n) is 12.9. The second-order valence-corrected chi connectivity index (χ2v) is 12.1. The summed E-state index contributed by atoms with van der Waals surface area (Å²) >= 11 is 5.87. The maximum Gasteiger partial charge on any atom is 0.459 e. The molecule has 1 aliphatic rings. The summed E-state index contributed by atoms with van der Waals surface area (Å²) in [6.07, 6.45) is -10.7. The fourth-order valence-corrected chi connectivity index (χ4v) is 5.94. The van der Waals surface area contributed by atoms with Gasteiger partial charge >= 0.3 is 19.4 Å². The Bertz CT molecular complexity index is 1600. The van der Waals surface area contributed by atoms with Crippen molar-refractivity contribution in [2.75, 3.05) is 12.3 Å². The average Bonchev–Trinajstić information content (AvgIpc) is 3.19. The van der Waals surface area contributed by atoms with Gasteiger partial charge in [0.2, 0.25) is 0 Å². The summed E-state index contributed by atoms with van der Waals surface area (Å²) in [6.45, 7) is 2.96. The zero-order valence-electron chi connectivity index (χ0n) is 23.0. The molecule has 43 heavy (non-hydrogen) atoms. The van der Waals surface area contributed by atoms with Gasteiger partial charge in [-0.25, -0.2) is 22.5 Å². The molecule has 1 aliphatic heterocycles. The summed E-state index contributed by atoms with van der Waals surface area (Å²) < 4.78 is 80.2. The first-order valence-corrected chi connectivity index (χ1v) is 14.8. The Kier molecular flexibility index (Phi) is 9.74. The number of hydrogen-bond acceptors (Lipinski definition) is 10. The molecule has 12 nitrogen and oxygen atoms in total. The number of aromatic nitrogens is 2. The number of ether oxygens (including phenoxy) is 2. The van der Waals surface area contributed by atoms with Gasteiger partial charge in [-0.15, -0.1) is 0 Å². The van der Waals surface area contributed by atoms with Gasteiger partial charge in [0.1, 0.15) is 23.7 Å². The minimum absolute atomic E-state index is 0.0405. The van der Waals surface area contributed by atoms with Crippen LogP contribution in [-0.2, 0) is 23.4 Å². The predicted octanol–water partition coefficient (Wildman–Crippen LogP) is 4.00. The van der Waals surface area contributed by atoms with Crippen LogP contribution in [0.1, 0.15) is 27.0 Å². The number of carbonyl (C=O) groups excluding carboxylic acids is 1. The Morgan fingerprint density at radius 3 is 2.58 bits per heavy atom. The maximum atomic E-state index is 15.5. The fourth-order valence-electron chi connectivity index (χ4n) is 4.27. The summed E-state index contributed by atoms with van der Waals surface area (Å²) in [4.78, 5) is 28.2. The molecule has 0 amide bonds. The molecule has 1 fully saturated rings. The molecule has 4 N–H and O–H groups in total. The van der Waals surface area contributed by atoms with Crippen LogP contribution in [0.4, 0.5) is 19.0 Å². The van der Waals surface area contributed by atoms with Crippen molar-refractivity contribution in [1.29, 1.82) is 0 Å². The zero-order chi connectivity index (χ0) is 31.7. The highest BCUT2D eigenvalue weighted by atomic mass is 35.5. The lowest BCUT2D eigenvalue weighted by Crippen LogP contribution is -2.51. The minimum atomic E-state index is -4.80. The Labute approximate surface area is 248 Å². The number of nitrogens with one attached hydrogen (secondary N) is 1. The Hall–Kier alpha value is -3.20. The van der Waals surface area contributed by atoms with E-state index in [0.29, 0.717) is 9.95 Å². The van der Waals surface area contributed by atoms with E-state index in [-0.39, 0.29) is 10.8 Å². The van der Waals surface area contributed by atoms with E-state index >= 15 is 4.39 Å². The van der Waals surface area contributed by atoms with E-state index in [1.54, 1.807) is 44.2 Å². The number of aliphatic hydroxyl groups excluding tert-OH is 1. The number of benzene rings is 2. The molecule has 17 heteroatoms. The molecule has 234 valence electrons. The third kappa shape index (κ3) is 6.97. The molecule has 2 aromatic carbocycles. The second-order valence-electron chi connectivity index (χ2n) is 10.0. The third-order valence-corrected chi connectivity index (χ3v) is 8.36. The Morgan fingerprint density at radius 1 is 1.26 bits per heavy atom. The van der Waals surface area contributed by atoms with Crippen LogP contribution in [0.5, 0.6) is 5.75 Å². The van der Waals surface area contributed by atoms with Crippen molar-refractivity contribution in [2.24, 2.45) is 0 Å². The monoisotopic (exact) mass is 648 g/mol. The summed E-state index contributed by atoms with van der Waals surface area (Å²) in [6, 6.07) is 10.3. The number of rotatable bonds is 11. The molecular formula is C26H29ClF3N4O8P. The van der Waals surface area contributed by atoms with Crippen molar-refractivity contribution in [2.45, 2.75) is 63.4 Å². The lowest BCUT2D eigenvalue weighted by Gasteiger charge is -2.32. The number of hydrogen-bond donors (Lipinski definition) is 3. The fraction of sp³-hybridized carbons (Fsp3) is 0.423. The van der Waals surface area contributed by atoms with Crippen LogP contribution in [0.25, 0.3) is 10.8 Å². The first kappa shape index (κ1) is 32.7. The summed E-state index contributed by atoms with van der Waals surface area (Å²) in [5.74, 6) is -1.30. The van der Waals surface area contributed by atoms with Crippen molar-refractivity contribution in [1.82, 2.24) is 14.6 Å². The molecule has 0 bridgehead atoms. The Morgan fingerprint density at radius 2 is 1.93 bits per heavy atom. The van der Waals surface area contributed by atoms with Crippen LogP contribution in [0.2, 0.25) is 5.02 Å². The zero-order valence-corrected chi connectivity index (χ0v) is 24.7. The summed E-state index contributed by atoms with van der Waals surface area (Å²) in [7, 11) is -4.80. The van der Waals surface area contributed by atoms with Gasteiger partial charge in [-0.2, -0.15) is 10.1 Å². The molecule has 0 radical (unpaired) electrons. The first-order chi connectivity index (χ1) is 20.2. The average molecular weight is 649 g/mol. The number of nitrogens with two attached hydrogens (primary N) is 1. The molecule has 0 saturated carbocycles. The van der Waals surface area contributed by atoms with Gasteiger partial charge in [0.05, 0.1) is 17.7 Å². The molecule has 0 aliphatic carbocycles. The van der Waals surface area contributed by atoms with E-state index in [1.165, 1.54) is 19.1 Å². The van der Waals surface area contributed by atoms with Gasteiger partial charge < -0.3 is 24.8 Å². The molecular weight excluding hydrogens is 620 g/mol. The number of nitrogens with zero attached hydrogens (tertiary/aromatic N) is 2.